The molecule has 3 rings (SSSR count). The van der Waals surface area contributed by atoms with E-state index in [4.69, 9.17) is 4.74 Å². The largest absolute Gasteiger partial charge is 0.457 e. The van der Waals surface area contributed by atoms with Gasteiger partial charge in [-0.25, -0.2) is 0 Å². The lowest BCUT2D eigenvalue weighted by Crippen LogP contribution is -2.04. The van der Waals surface area contributed by atoms with Crippen molar-refractivity contribution < 1.29 is 9.53 Å². The molecule has 0 radical (unpaired) electrons. The molecular weight excluding hydrogens is 304 g/mol. The van der Waals surface area contributed by atoms with Crippen LogP contribution < -0.4 is 0 Å². The fraction of sp³-hybridized carbons (Fsp3) is 0.188. The molecule has 0 amide bonds. The molecule has 1 fully saturated rings. The zero-order valence-corrected chi connectivity index (χ0v) is 11.8. The molecule has 0 saturated carbocycles. The van der Waals surface area contributed by atoms with Crippen LogP contribution in [0.25, 0.3) is 0 Å². The van der Waals surface area contributed by atoms with Crippen molar-refractivity contribution in [2.24, 2.45) is 0 Å². The Morgan fingerprint density at radius 3 is 2.32 bits per heavy atom. The van der Waals surface area contributed by atoms with Crippen LogP contribution in [0.3, 0.4) is 0 Å². The number of rotatable bonds is 2. The quantitative estimate of drug-likeness (QED) is 0.775. The fourth-order valence-electron chi connectivity index (χ4n) is 2.42. The van der Waals surface area contributed by atoms with Crippen molar-refractivity contribution in [2.45, 2.75) is 18.4 Å². The second kappa shape index (κ2) is 5.17. The highest BCUT2D eigenvalue weighted by atomic mass is 79.9. The summed E-state index contributed by atoms with van der Waals surface area (Å²) in [7, 11) is 0. The summed E-state index contributed by atoms with van der Waals surface area (Å²) in [6.45, 7) is 0. The van der Waals surface area contributed by atoms with Gasteiger partial charge < -0.3 is 4.74 Å². The van der Waals surface area contributed by atoms with Gasteiger partial charge in [-0.15, -0.1) is 0 Å². The highest BCUT2D eigenvalue weighted by Crippen LogP contribution is 2.39. The molecule has 0 N–H and O–H groups in total. The molecule has 1 aliphatic rings. The van der Waals surface area contributed by atoms with Gasteiger partial charge in [0.15, 0.2) is 0 Å². The Balaban J connectivity index is 1.82. The Morgan fingerprint density at radius 2 is 1.63 bits per heavy atom. The smallest absolute Gasteiger partial charge is 0.314 e. The van der Waals surface area contributed by atoms with Crippen molar-refractivity contribution in [3.8, 4) is 0 Å². The van der Waals surface area contributed by atoms with Gasteiger partial charge in [0.1, 0.15) is 6.10 Å². The van der Waals surface area contributed by atoms with E-state index < -0.39 is 0 Å². The van der Waals surface area contributed by atoms with Crippen molar-refractivity contribution in [2.75, 3.05) is 0 Å². The molecule has 0 aliphatic carbocycles. The number of esters is 1. The lowest BCUT2D eigenvalue weighted by molar-refractivity contribution is -0.142. The molecule has 0 unspecified atom stereocenters. The Labute approximate surface area is 120 Å². The number of benzene rings is 2. The lowest BCUT2D eigenvalue weighted by atomic mass is 9.94. The molecule has 2 atom stereocenters. The molecule has 96 valence electrons. The first-order valence-corrected chi connectivity index (χ1v) is 7.04. The molecule has 2 nitrogen and oxygen atoms in total. The molecule has 0 spiro atoms. The van der Waals surface area contributed by atoms with E-state index >= 15 is 0 Å². The van der Waals surface area contributed by atoms with Crippen molar-refractivity contribution in [3.63, 3.8) is 0 Å². The lowest BCUT2D eigenvalue weighted by Gasteiger charge is -2.09. The summed E-state index contributed by atoms with van der Waals surface area (Å²) in [6, 6.07) is 17.8. The third-order valence-corrected chi connectivity index (χ3v) is 3.97. The zero-order valence-electron chi connectivity index (χ0n) is 10.3. The average Bonchev–Trinajstić information content (AvgIpc) is 2.83. The van der Waals surface area contributed by atoms with Crippen LogP contribution in [0, 0.1) is 0 Å². The van der Waals surface area contributed by atoms with Crippen LogP contribution in [-0.4, -0.2) is 5.97 Å². The van der Waals surface area contributed by atoms with Gasteiger partial charge in [0.2, 0.25) is 0 Å². The van der Waals surface area contributed by atoms with E-state index in [1.54, 1.807) is 0 Å². The molecular formula is C16H13BrO2. The molecule has 1 saturated heterocycles. The molecule has 3 heteroatoms. The maximum atomic E-state index is 12.0. The van der Waals surface area contributed by atoms with Gasteiger partial charge in [-0.3, -0.25) is 4.79 Å². The van der Waals surface area contributed by atoms with Crippen LogP contribution in [0.4, 0.5) is 0 Å². The molecule has 19 heavy (non-hydrogen) atoms. The molecule has 2 aromatic rings. The topological polar surface area (TPSA) is 26.3 Å². The number of hydrogen-bond acceptors (Lipinski definition) is 2. The highest BCUT2D eigenvalue weighted by Gasteiger charge is 2.36. The van der Waals surface area contributed by atoms with Crippen LogP contribution in [0.5, 0.6) is 0 Å². The van der Waals surface area contributed by atoms with E-state index in [9.17, 15) is 4.79 Å². The summed E-state index contributed by atoms with van der Waals surface area (Å²) >= 11 is 3.41. The van der Waals surface area contributed by atoms with Gasteiger partial charge in [-0.05, 0) is 23.3 Å². The van der Waals surface area contributed by atoms with E-state index in [0.717, 1.165) is 15.6 Å². The van der Waals surface area contributed by atoms with Gasteiger partial charge in [0.25, 0.3) is 0 Å². The zero-order chi connectivity index (χ0) is 13.2. The van der Waals surface area contributed by atoms with Crippen molar-refractivity contribution >= 4 is 21.9 Å². The highest BCUT2D eigenvalue weighted by molar-refractivity contribution is 9.10. The second-order valence-corrected chi connectivity index (χ2v) is 5.59. The summed E-state index contributed by atoms with van der Waals surface area (Å²) in [5.74, 6) is -0.269. The number of cyclic esters (lactones) is 1. The summed E-state index contributed by atoms with van der Waals surface area (Å²) in [6.07, 6.45) is 0.579. The Kier molecular flexibility index (Phi) is 3.38. The number of carbonyl (C=O) groups is 1. The predicted octanol–water partition coefficient (Wildman–Crippen LogP) is 4.22. The van der Waals surface area contributed by atoms with Gasteiger partial charge in [-0.1, -0.05) is 58.4 Å². The van der Waals surface area contributed by atoms with E-state index in [1.807, 2.05) is 54.6 Å². The van der Waals surface area contributed by atoms with E-state index in [2.05, 4.69) is 15.9 Å². The van der Waals surface area contributed by atoms with Crippen LogP contribution in [0.15, 0.2) is 59.1 Å². The molecule has 1 heterocycles. The number of carbonyl (C=O) groups excluding carboxylic acids is 1. The van der Waals surface area contributed by atoms with Gasteiger partial charge in [-0.2, -0.15) is 0 Å². The average molecular weight is 317 g/mol. The number of ether oxygens (including phenoxy) is 1. The third-order valence-electron chi connectivity index (χ3n) is 3.44. The second-order valence-electron chi connectivity index (χ2n) is 4.68. The third kappa shape index (κ3) is 2.56. The normalized spacial score (nSPS) is 22.3. The maximum absolute atomic E-state index is 12.0. The minimum absolute atomic E-state index is 0.126. The van der Waals surface area contributed by atoms with Crippen molar-refractivity contribution in [3.05, 3.63) is 70.2 Å². The summed E-state index contributed by atoms with van der Waals surface area (Å²) in [5.41, 5.74) is 2.09. The first kappa shape index (κ1) is 12.4. The predicted molar refractivity (Wildman–Crippen MR) is 76.8 cm³/mol. The van der Waals surface area contributed by atoms with Crippen LogP contribution >= 0.6 is 15.9 Å². The Hall–Kier alpha value is -1.61. The SMILES string of the molecule is O=C1O[C@@H](c2ccc(Br)cc2)C[C@H]1c1ccccc1. The van der Waals surface area contributed by atoms with E-state index in [0.29, 0.717) is 6.42 Å². The van der Waals surface area contributed by atoms with Crippen LogP contribution in [0.2, 0.25) is 0 Å². The van der Waals surface area contributed by atoms with E-state index in [1.165, 1.54) is 0 Å². The van der Waals surface area contributed by atoms with Gasteiger partial charge >= 0.3 is 5.97 Å². The van der Waals surface area contributed by atoms with Crippen LogP contribution in [-0.2, 0) is 9.53 Å². The van der Waals surface area contributed by atoms with Crippen molar-refractivity contribution in [1.82, 2.24) is 0 Å². The molecule has 1 aliphatic heterocycles. The summed E-state index contributed by atoms with van der Waals surface area (Å²) in [5, 5.41) is 0. The van der Waals surface area contributed by atoms with E-state index in [-0.39, 0.29) is 18.0 Å². The first-order chi connectivity index (χ1) is 9.24. The summed E-state index contributed by atoms with van der Waals surface area (Å²) < 4.78 is 6.53. The Morgan fingerprint density at radius 1 is 0.947 bits per heavy atom. The Bertz CT molecular complexity index is 577. The monoisotopic (exact) mass is 316 g/mol. The maximum Gasteiger partial charge on any atom is 0.314 e. The molecule has 0 aromatic heterocycles. The fourth-order valence-corrected chi connectivity index (χ4v) is 2.68. The number of hydrogen-bond donors (Lipinski definition) is 0. The minimum Gasteiger partial charge on any atom is -0.457 e. The first-order valence-electron chi connectivity index (χ1n) is 6.25. The standard InChI is InChI=1S/C16H13BrO2/c17-13-8-6-12(7-9-13)15-10-14(16(18)19-15)11-4-2-1-3-5-11/h1-9,14-15H,10H2/t14-,15+/m0/s1. The van der Waals surface area contributed by atoms with Gasteiger partial charge in [0, 0.05) is 10.9 Å². The van der Waals surface area contributed by atoms with Crippen molar-refractivity contribution in [1.29, 1.82) is 0 Å². The summed E-state index contributed by atoms with van der Waals surface area (Å²) in [4.78, 5) is 12.0. The van der Waals surface area contributed by atoms with Crippen LogP contribution in [0.1, 0.15) is 29.6 Å². The molecule has 2 aromatic carbocycles. The number of halogens is 1. The molecule has 0 bridgehead atoms. The van der Waals surface area contributed by atoms with Gasteiger partial charge in [0.05, 0.1) is 5.92 Å². The minimum atomic E-state index is -0.144.